The molecule has 0 heterocycles. The molecule has 112 valence electrons. The molecule has 1 unspecified atom stereocenters. The largest absolute Gasteiger partial charge is 0.497 e. The van der Waals surface area contributed by atoms with Crippen LogP contribution in [0, 0.1) is 17.5 Å². The van der Waals surface area contributed by atoms with E-state index >= 15 is 0 Å². The molecule has 0 aliphatic rings. The summed E-state index contributed by atoms with van der Waals surface area (Å²) < 4.78 is 50.7. The van der Waals surface area contributed by atoms with E-state index in [1.807, 2.05) is 0 Å². The Morgan fingerprint density at radius 1 is 0.857 bits per heavy atom. The van der Waals surface area contributed by atoms with Gasteiger partial charge in [0, 0.05) is 23.8 Å². The quantitative estimate of drug-likeness (QED) is 0.776. The molecule has 6 heteroatoms. The average molecular weight is 317 g/mol. The summed E-state index contributed by atoms with van der Waals surface area (Å²) in [6.07, 6.45) is 0. The molecular weight excluding hydrogens is 305 g/mol. The van der Waals surface area contributed by atoms with Crippen molar-refractivity contribution in [3.05, 3.63) is 58.9 Å². The molecule has 2 aromatic carbocycles. The van der Waals surface area contributed by atoms with Crippen molar-refractivity contribution >= 4 is 11.6 Å². The van der Waals surface area contributed by atoms with Crippen LogP contribution in [0.15, 0.2) is 30.3 Å². The van der Waals surface area contributed by atoms with Gasteiger partial charge in [-0.05, 0) is 17.7 Å². The van der Waals surface area contributed by atoms with Crippen LogP contribution in [0.4, 0.5) is 13.2 Å². The van der Waals surface area contributed by atoms with Gasteiger partial charge in [-0.3, -0.25) is 0 Å². The number of halogens is 4. The smallest absolute Gasteiger partial charge is 0.134 e. The van der Waals surface area contributed by atoms with Gasteiger partial charge >= 0.3 is 0 Å². The predicted molar refractivity (Wildman–Crippen MR) is 73.6 cm³/mol. The molecule has 2 aromatic rings. The second-order valence-electron chi connectivity index (χ2n) is 4.29. The third-order valence-corrected chi connectivity index (χ3v) is 3.43. The molecule has 0 saturated heterocycles. The molecule has 0 aliphatic heterocycles. The fraction of sp³-hybridized carbons (Fsp3) is 0.200. The number of hydrogen-bond acceptors (Lipinski definition) is 2. The Hall–Kier alpha value is -1.88. The van der Waals surface area contributed by atoms with Gasteiger partial charge in [0.05, 0.1) is 19.6 Å². The summed E-state index contributed by atoms with van der Waals surface area (Å²) in [5, 5.41) is -1.14. The van der Waals surface area contributed by atoms with Gasteiger partial charge in [-0.25, -0.2) is 13.2 Å². The Morgan fingerprint density at radius 2 is 1.33 bits per heavy atom. The molecule has 0 fully saturated rings. The zero-order valence-corrected chi connectivity index (χ0v) is 12.0. The first-order chi connectivity index (χ1) is 9.96. The summed E-state index contributed by atoms with van der Waals surface area (Å²) in [5.41, 5.74) is -0.0503. The van der Waals surface area contributed by atoms with E-state index < -0.39 is 28.4 Å². The first kappa shape index (κ1) is 15.5. The van der Waals surface area contributed by atoms with E-state index in [0.29, 0.717) is 29.2 Å². The van der Waals surface area contributed by atoms with Gasteiger partial charge in [0.15, 0.2) is 0 Å². The van der Waals surface area contributed by atoms with Crippen molar-refractivity contribution < 1.29 is 22.6 Å². The maximum atomic E-state index is 13.8. The van der Waals surface area contributed by atoms with Crippen molar-refractivity contribution in [3.8, 4) is 11.5 Å². The normalized spacial score (nSPS) is 12.1. The van der Waals surface area contributed by atoms with Gasteiger partial charge in [-0.15, -0.1) is 11.6 Å². The van der Waals surface area contributed by atoms with Crippen LogP contribution in [-0.2, 0) is 0 Å². The third-order valence-electron chi connectivity index (χ3n) is 2.96. The molecule has 1 atom stereocenters. The Kier molecular flexibility index (Phi) is 4.63. The van der Waals surface area contributed by atoms with Crippen LogP contribution >= 0.6 is 11.6 Å². The Balaban J connectivity index is 2.52. The molecule has 0 spiro atoms. The van der Waals surface area contributed by atoms with Crippen molar-refractivity contribution in [3.63, 3.8) is 0 Å². The monoisotopic (exact) mass is 316 g/mol. The zero-order valence-electron chi connectivity index (χ0n) is 11.3. The summed E-state index contributed by atoms with van der Waals surface area (Å²) in [6, 6.07) is 5.84. The van der Waals surface area contributed by atoms with Crippen LogP contribution in [0.2, 0.25) is 0 Å². The third kappa shape index (κ3) is 3.24. The second-order valence-corrected chi connectivity index (χ2v) is 4.73. The predicted octanol–water partition coefficient (Wildman–Crippen LogP) is 4.45. The van der Waals surface area contributed by atoms with E-state index in [9.17, 15) is 13.2 Å². The lowest BCUT2D eigenvalue weighted by Gasteiger charge is -2.15. The number of hydrogen-bond donors (Lipinski definition) is 0. The second kappa shape index (κ2) is 6.26. The highest BCUT2D eigenvalue weighted by molar-refractivity contribution is 6.22. The van der Waals surface area contributed by atoms with Crippen LogP contribution < -0.4 is 9.47 Å². The standard InChI is InChI=1S/C15H12ClF3O2/c1-20-10-3-8(4-11(7-10)21-2)15(16)14-12(18)5-9(17)6-13(14)19/h3-7,15H,1-2H3. The lowest BCUT2D eigenvalue weighted by molar-refractivity contribution is 0.393. The van der Waals surface area contributed by atoms with E-state index in [1.54, 1.807) is 6.07 Å². The Morgan fingerprint density at radius 3 is 1.76 bits per heavy atom. The maximum Gasteiger partial charge on any atom is 0.134 e. The Labute approximate surface area is 125 Å². The average Bonchev–Trinajstić information content (AvgIpc) is 2.45. The molecule has 0 bridgehead atoms. The molecule has 0 amide bonds. The minimum atomic E-state index is -1.14. The summed E-state index contributed by atoms with van der Waals surface area (Å²) in [7, 11) is 2.89. The number of benzene rings is 2. The lowest BCUT2D eigenvalue weighted by atomic mass is 10.0. The van der Waals surface area contributed by atoms with Crippen molar-refractivity contribution in [2.75, 3.05) is 14.2 Å². The molecular formula is C15H12ClF3O2. The SMILES string of the molecule is COc1cc(OC)cc(C(Cl)c2c(F)cc(F)cc2F)c1. The van der Waals surface area contributed by atoms with Crippen LogP contribution in [-0.4, -0.2) is 14.2 Å². The summed E-state index contributed by atoms with van der Waals surface area (Å²) in [4.78, 5) is 0. The highest BCUT2D eigenvalue weighted by Crippen LogP contribution is 2.36. The van der Waals surface area contributed by atoms with Crippen molar-refractivity contribution in [1.29, 1.82) is 0 Å². The molecule has 0 N–H and O–H groups in total. The van der Waals surface area contributed by atoms with Crippen molar-refractivity contribution in [1.82, 2.24) is 0 Å². The zero-order chi connectivity index (χ0) is 15.6. The van der Waals surface area contributed by atoms with E-state index in [4.69, 9.17) is 21.1 Å². The minimum absolute atomic E-state index is 0.372. The van der Waals surface area contributed by atoms with Crippen molar-refractivity contribution in [2.24, 2.45) is 0 Å². The minimum Gasteiger partial charge on any atom is -0.497 e. The van der Waals surface area contributed by atoms with E-state index in [-0.39, 0.29) is 0 Å². The molecule has 2 rings (SSSR count). The summed E-state index contributed by atoms with van der Waals surface area (Å²) in [5.74, 6) is -2.24. The fourth-order valence-corrected chi connectivity index (χ4v) is 2.27. The summed E-state index contributed by atoms with van der Waals surface area (Å²) >= 11 is 6.14. The molecule has 2 nitrogen and oxygen atoms in total. The van der Waals surface area contributed by atoms with Gasteiger partial charge < -0.3 is 9.47 Å². The van der Waals surface area contributed by atoms with E-state index in [1.165, 1.54) is 26.4 Å². The molecule has 0 aliphatic carbocycles. The van der Waals surface area contributed by atoms with Crippen LogP contribution in [0.25, 0.3) is 0 Å². The molecule has 21 heavy (non-hydrogen) atoms. The van der Waals surface area contributed by atoms with E-state index in [2.05, 4.69) is 0 Å². The van der Waals surface area contributed by atoms with Gasteiger partial charge in [-0.1, -0.05) is 0 Å². The number of ether oxygens (including phenoxy) is 2. The van der Waals surface area contributed by atoms with Crippen LogP contribution in [0.1, 0.15) is 16.5 Å². The van der Waals surface area contributed by atoms with Gasteiger partial charge in [0.25, 0.3) is 0 Å². The van der Waals surface area contributed by atoms with Gasteiger partial charge in [0.1, 0.15) is 29.0 Å². The molecule has 0 aromatic heterocycles. The molecule has 0 saturated carbocycles. The number of methoxy groups -OCH3 is 2. The first-order valence-corrected chi connectivity index (χ1v) is 6.41. The van der Waals surface area contributed by atoms with Crippen molar-refractivity contribution in [2.45, 2.75) is 5.38 Å². The van der Waals surface area contributed by atoms with Gasteiger partial charge in [-0.2, -0.15) is 0 Å². The topological polar surface area (TPSA) is 18.5 Å². The lowest BCUT2D eigenvalue weighted by Crippen LogP contribution is -2.03. The highest BCUT2D eigenvalue weighted by atomic mass is 35.5. The fourth-order valence-electron chi connectivity index (χ4n) is 1.94. The first-order valence-electron chi connectivity index (χ1n) is 5.97. The maximum absolute atomic E-state index is 13.8. The van der Waals surface area contributed by atoms with Crippen LogP contribution in [0.3, 0.4) is 0 Å². The Bertz CT molecular complexity index is 616. The van der Waals surface area contributed by atoms with Gasteiger partial charge in [0.2, 0.25) is 0 Å². The summed E-state index contributed by atoms with van der Waals surface area (Å²) in [6.45, 7) is 0. The number of alkyl halides is 1. The highest BCUT2D eigenvalue weighted by Gasteiger charge is 2.22. The van der Waals surface area contributed by atoms with Crippen LogP contribution in [0.5, 0.6) is 11.5 Å². The number of rotatable bonds is 4. The molecule has 0 radical (unpaired) electrons. The van der Waals surface area contributed by atoms with E-state index in [0.717, 1.165) is 0 Å².